The normalized spacial score (nSPS) is 9.00. The van der Waals surface area contributed by atoms with Gasteiger partial charge < -0.3 is 28.4 Å². The predicted molar refractivity (Wildman–Crippen MR) is 153 cm³/mol. The first-order chi connectivity index (χ1) is 21.3. The molecule has 0 atom stereocenters. The van der Waals surface area contributed by atoms with E-state index in [4.69, 9.17) is 19.1 Å². The molecule has 0 N–H and O–H groups in total. The van der Waals surface area contributed by atoms with Gasteiger partial charge in [0.05, 0.1) is 0 Å². The third kappa shape index (κ3) is 12.0. The van der Waals surface area contributed by atoms with Gasteiger partial charge in [-0.1, -0.05) is 50.6 Å². The highest BCUT2D eigenvalue weighted by Crippen LogP contribution is 2.31. The van der Waals surface area contributed by atoms with E-state index in [9.17, 15) is 19.2 Å². The number of benzene rings is 2. The van der Waals surface area contributed by atoms with Crippen LogP contribution in [0.2, 0.25) is 0 Å². The molecule has 220 valence electrons. The number of carbonyl (C=O) groups is 4. The number of rotatable bonds is 11. The fourth-order valence-electron chi connectivity index (χ4n) is 2.45. The van der Waals surface area contributed by atoms with Crippen molar-refractivity contribution in [3.05, 3.63) is 98.1 Å². The van der Waals surface area contributed by atoms with Gasteiger partial charge in [0.1, 0.15) is 0 Å². The number of hydrogen-bond donors (Lipinski definition) is 0. The van der Waals surface area contributed by atoms with Crippen molar-refractivity contribution in [1.29, 1.82) is 0 Å². The summed E-state index contributed by atoms with van der Waals surface area (Å²) in [4.78, 5) is 54.6. The third-order valence-electron chi connectivity index (χ3n) is 4.35. The number of ether oxygens (including phenoxy) is 6. The van der Waals surface area contributed by atoms with Gasteiger partial charge in [0.2, 0.25) is 5.75 Å². The standard InChI is InChI=1S/C32H20O12/c1-5-29(33)40-18-15-37-25-13-11-23(21-27(25)39-17-20-42-31(35)7-3)9-10-24-12-14-26(38-16-19-41-30(34)6-2)28(22-24)43-44-32(36)8-4/h5-14,21-22H,1-4H2/b10-9+. The van der Waals surface area contributed by atoms with Gasteiger partial charge in [0.25, 0.3) is 0 Å². The number of esters is 3. The zero-order valence-electron chi connectivity index (χ0n) is 22.7. The maximum Gasteiger partial charge on any atom is 0.378 e. The van der Waals surface area contributed by atoms with E-state index in [0.29, 0.717) is 11.1 Å². The van der Waals surface area contributed by atoms with Gasteiger partial charge in [-0.2, -0.15) is 0 Å². The first kappa shape index (κ1) is 33.1. The predicted octanol–water partition coefficient (Wildman–Crippen LogP) is 3.96. The van der Waals surface area contributed by atoms with Crippen molar-refractivity contribution in [2.24, 2.45) is 0 Å². The quantitative estimate of drug-likeness (QED) is 0.0705. The fraction of sp³-hybridized carbons (Fsp3) is 0. The second-order valence-electron chi connectivity index (χ2n) is 7.23. The van der Waals surface area contributed by atoms with Gasteiger partial charge in [0, 0.05) is 24.3 Å². The molecule has 2 aromatic carbocycles. The lowest BCUT2D eigenvalue weighted by Crippen LogP contribution is -2.05. The molecule has 0 radical (unpaired) electrons. The Morgan fingerprint density at radius 2 is 0.886 bits per heavy atom. The maximum absolute atomic E-state index is 11.5. The Bertz CT molecular complexity index is 1680. The zero-order valence-corrected chi connectivity index (χ0v) is 22.7. The van der Waals surface area contributed by atoms with Gasteiger partial charge in [-0.3, -0.25) is 4.89 Å². The van der Waals surface area contributed by atoms with Crippen LogP contribution >= 0.6 is 0 Å². The summed E-state index contributed by atoms with van der Waals surface area (Å²) in [6.45, 7) is 13.0. The lowest BCUT2D eigenvalue weighted by molar-refractivity contribution is -0.207. The molecule has 12 nitrogen and oxygen atoms in total. The first-order valence-corrected chi connectivity index (χ1v) is 11.8. The molecule has 2 aromatic rings. The van der Waals surface area contributed by atoms with Crippen LogP contribution in [0.5, 0.6) is 23.0 Å². The molecule has 44 heavy (non-hydrogen) atoms. The summed E-state index contributed by atoms with van der Waals surface area (Å²) < 4.78 is 29.4. The highest BCUT2D eigenvalue weighted by molar-refractivity contribution is 5.83. The van der Waals surface area contributed by atoms with E-state index >= 15 is 0 Å². The Labute approximate surface area is 251 Å². The lowest BCUT2D eigenvalue weighted by Gasteiger charge is -2.08. The van der Waals surface area contributed by atoms with E-state index in [1.165, 1.54) is 24.3 Å². The Morgan fingerprint density at radius 3 is 1.32 bits per heavy atom. The van der Waals surface area contributed by atoms with Gasteiger partial charge in [-0.05, 0) is 35.4 Å². The van der Waals surface area contributed by atoms with Crippen LogP contribution < -0.4 is 19.1 Å². The molecule has 0 unspecified atom stereocenters. The van der Waals surface area contributed by atoms with E-state index in [2.05, 4.69) is 69.8 Å². The Kier molecular flexibility index (Phi) is 13.8. The molecule has 0 heterocycles. The SMILES string of the molecule is C=CC(=O)OC#COc1ccc(/C=C/c2ccc(OC#COC(=O)C=C)c(OOC(=O)C=C)c2)cc1OC#COC(=O)C=C. The van der Waals surface area contributed by atoms with Crippen molar-refractivity contribution in [3.8, 4) is 59.6 Å². The lowest BCUT2D eigenvalue weighted by atomic mass is 10.1. The van der Waals surface area contributed by atoms with Crippen LogP contribution in [0.4, 0.5) is 0 Å². The van der Waals surface area contributed by atoms with Crippen LogP contribution in [0, 0.1) is 36.6 Å². The van der Waals surface area contributed by atoms with Crippen molar-refractivity contribution in [3.63, 3.8) is 0 Å². The monoisotopic (exact) mass is 596 g/mol. The summed E-state index contributed by atoms with van der Waals surface area (Å²) in [5, 5.41) is 0. The molecule has 0 aliphatic rings. The first-order valence-electron chi connectivity index (χ1n) is 11.8. The topological polar surface area (TPSA) is 142 Å². The van der Waals surface area contributed by atoms with Gasteiger partial charge in [-0.15, -0.1) is 0 Å². The second-order valence-corrected chi connectivity index (χ2v) is 7.23. The average molecular weight is 597 g/mol. The van der Waals surface area contributed by atoms with E-state index in [1.807, 2.05) is 12.2 Å². The summed E-state index contributed by atoms with van der Waals surface area (Å²) >= 11 is 0. The van der Waals surface area contributed by atoms with Gasteiger partial charge in [0.15, 0.2) is 53.9 Å². The second kappa shape index (κ2) is 18.3. The van der Waals surface area contributed by atoms with Crippen LogP contribution in [-0.4, -0.2) is 23.9 Å². The van der Waals surface area contributed by atoms with Crippen molar-refractivity contribution in [2.45, 2.75) is 0 Å². The van der Waals surface area contributed by atoms with Gasteiger partial charge in [-0.25, -0.2) is 24.1 Å². The summed E-state index contributed by atoms with van der Waals surface area (Å²) in [6, 6.07) is 9.13. The molecule has 0 aliphatic heterocycles. The maximum atomic E-state index is 11.5. The molecule has 0 saturated heterocycles. The van der Waals surface area contributed by atoms with Crippen LogP contribution in [0.15, 0.2) is 87.0 Å². The number of carbonyl (C=O) groups excluding carboxylic acids is 4. The van der Waals surface area contributed by atoms with Crippen molar-refractivity contribution in [1.82, 2.24) is 0 Å². The minimum absolute atomic E-state index is 0.0222. The molecule has 0 saturated carbocycles. The van der Waals surface area contributed by atoms with Crippen LogP contribution in [-0.2, 0) is 38.3 Å². The largest absolute Gasteiger partial charge is 0.401 e. The third-order valence-corrected chi connectivity index (χ3v) is 4.35. The highest BCUT2D eigenvalue weighted by Gasteiger charge is 2.11. The molecule has 2 rings (SSSR count). The van der Waals surface area contributed by atoms with Gasteiger partial charge >= 0.3 is 23.9 Å². The molecule has 0 spiro atoms. The van der Waals surface area contributed by atoms with E-state index in [-0.39, 0.29) is 23.0 Å². The minimum Gasteiger partial charge on any atom is -0.401 e. The zero-order chi connectivity index (χ0) is 32.2. The van der Waals surface area contributed by atoms with E-state index in [1.54, 1.807) is 24.3 Å². The average Bonchev–Trinajstić information content (AvgIpc) is 3.05. The van der Waals surface area contributed by atoms with Crippen molar-refractivity contribution >= 4 is 36.0 Å². The molecule has 0 amide bonds. The molecule has 0 aliphatic carbocycles. The number of hydrogen-bond acceptors (Lipinski definition) is 12. The Balaban J connectivity index is 2.33. The summed E-state index contributed by atoms with van der Waals surface area (Å²) in [5.74, 6) is -3.12. The summed E-state index contributed by atoms with van der Waals surface area (Å²) in [5.41, 5.74) is 1.11. The Hall–Kier alpha value is -7.10. The van der Waals surface area contributed by atoms with Crippen LogP contribution in [0.3, 0.4) is 0 Å². The molecule has 0 bridgehead atoms. The highest BCUT2D eigenvalue weighted by atomic mass is 17.2. The molecule has 12 heteroatoms. The van der Waals surface area contributed by atoms with E-state index < -0.39 is 23.9 Å². The summed E-state index contributed by atoms with van der Waals surface area (Å²) in [7, 11) is 0. The van der Waals surface area contributed by atoms with Crippen LogP contribution in [0.25, 0.3) is 12.2 Å². The van der Waals surface area contributed by atoms with Crippen LogP contribution in [0.1, 0.15) is 11.1 Å². The summed E-state index contributed by atoms with van der Waals surface area (Å²) in [6.07, 6.45) is 19.6. The molecule has 0 aromatic heterocycles. The molecule has 0 fully saturated rings. The van der Waals surface area contributed by atoms with E-state index in [0.717, 1.165) is 24.3 Å². The van der Waals surface area contributed by atoms with Crippen molar-refractivity contribution in [2.75, 3.05) is 0 Å². The fourth-order valence-corrected chi connectivity index (χ4v) is 2.45. The molecular formula is C32H20O12. The molecular weight excluding hydrogens is 576 g/mol. The minimum atomic E-state index is -0.872. The Morgan fingerprint density at radius 1 is 0.500 bits per heavy atom. The van der Waals surface area contributed by atoms with Crippen molar-refractivity contribution < 1.29 is 57.4 Å². The smallest absolute Gasteiger partial charge is 0.378 e.